The van der Waals surface area contributed by atoms with Gasteiger partial charge in [0.15, 0.2) is 0 Å². The molecule has 2 N–H and O–H groups in total. The van der Waals surface area contributed by atoms with E-state index in [9.17, 15) is 9.90 Å². The standard InChI is InChI=1S/C12H15ClN2O2/c1-15-11-5-9(14-7-10(16)6-13)3-2-8(11)4-12(15)17/h2-3,5,10,14,16H,4,6-7H2,1H3. The number of likely N-dealkylation sites (N-methyl/N-ethyl adjacent to an activating group) is 1. The van der Waals surface area contributed by atoms with E-state index in [1.165, 1.54) is 0 Å². The van der Waals surface area contributed by atoms with Crippen molar-refractivity contribution in [2.45, 2.75) is 12.5 Å². The van der Waals surface area contributed by atoms with Crippen LogP contribution in [0.15, 0.2) is 18.2 Å². The quantitative estimate of drug-likeness (QED) is 0.795. The van der Waals surface area contributed by atoms with E-state index in [4.69, 9.17) is 11.6 Å². The average molecular weight is 255 g/mol. The molecule has 0 fully saturated rings. The Morgan fingerprint density at radius 2 is 2.35 bits per heavy atom. The molecule has 1 atom stereocenters. The summed E-state index contributed by atoms with van der Waals surface area (Å²) < 4.78 is 0. The van der Waals surface area contributed by atoms with Gasteiger partial charge in [-0.1, -0.05) is 6.07 Å². The lowest BCUT2D eigenvalue weighted by atomic mass is 10.1. The van der Waals surface area contributed by atoms with Crippen molar-refractivity contribution < 1.29 is 9.90 Å². The molecule has 1 amide bonds. The van der Waals surface area contributed by atoms with Gasteiger partial charge in [0.1, 0.15) is 0 Å². The van der Waals surface area contributed by atoms with Crippen LogP contribution in [0.5, 0.6) is 0 Å². The first-order valence-electron chi connectivity index (χ1n) is 5.49. The lowest BCUT2D eigenvalue weighted by molar-refractivity contribution is -0.117. The summed E-state index contributed by atoms with van der Waals surface area (Å²) in [5.41, 5.74) is 2.86. The molecule has 0 aliphatic carbocycles. The molecule has 1 unspecified atom stereocenters. The van der Waals surface area contributed by atoms with Crippen molar-refractivity contribution in [3.63, 3.8) is 0 Å². The van der Waals surface area contributed by atoms with Crippen molar-refractivity contribution in [3.05, 3.63) is 23.8 Å². The lowest BCUT2D eigenvalue weighted by Gasteiger charge is -2.14. The Labute approximate surface area is 105 Å². The molecule has 17 heavy (non-hydrogen) atoms. The van der Waals surface area contributed by atoms with E-state index in [0.717, 1.165) is 16.9 Å². The molecule has 0 saturated heterocycles. The van der Waals surface area contributed by atoms with Crippen LogP contribution in [0.25, 0.3) is 0 Å². The van der Waals surface area contributed by atoms with Gasteiger partial charge in [-0.2, -0.15) is 0 Å². The zero-order chi connectivity index (χ0) is 12.4. The number of hydrogen-bond donors (Lipinski definition) is 2. The molecule has 5 heteroatoms. The molecule has 1 aromatic carbocycles. The summed E-state index contributed by atoms with van der Waals surface area (Å²) >= 11 is 5.51. The number of aliphatic hydroxyl groups excluding tert-OH is 1. The van der Waals surface area contributed by atoms with Crippen molar-refractivity contribution >= 4 is 28.9 Å². The highest BCUT2D eigenvalue weighted by molar-refractivity contribution is 6.18. The summed E-state index contributed by atoms with van der Waals surface area (Å²) in [6.45, 7) is 0.403. The number of nitrogens with zero attached hydrogens (tertiary/aromatic N) is 1. The fourth-order valence-electron chi connectivity index (χ4n) is 1.84. The Morgan fingerprint density at radius 1 is 1.59 bits per heavy atom. The van der Waals surface area contributed by atoms with E-state index < -0.39 is 6.10 Å². The predicted octanol–water partition coefficient (Wildman–Crippen LogP) is 1.22. The molecule has 4 nitrogen and oxygen atoms in total. The van der Waals surface area contributed by atoms with Gasteiger partial charge in [-0.3, -0.25) is 4.79 Å². The average Bonchev–Trinajstić information content (AvgIpc) is 2.62. The third-order valence-electron chi connectivity index (χ3n) is 2.88. The third kappa shape index (κ3) is 2.53. The van der Waals surface area contributed by atoms with E-state index in [-0.39, 0.29) is 11.8 Å². The van der Waals surface area contributed by atoms with Crippen LogP contribution in [0.1, 0.15) is 5.56 Å². The molecule has 1 aliphatic rings. The molecule has 0 bridgehead atoms. The van der Waals surface area contributed by atoms with Crippen LogP contribution in [0, 0.1) is 0 Å². The topological polar surface area (TPSA) is 52.6 Å². The maximum Gasteiger partial charge on any atom is 0.231 e. The maximum atomic E-state index is 11.5. The molecule has 0 radical (unpaired) electrons. The van der Waals surface area contributed by atoms with Crippen LogP contribution >= 0.6 is 11.6 Å². The number of anilines is 2. The van der Waals surface area contributed by atoms with Crippen molar-refractivity contribution in [2.75, 3.05) is 29.7 Å². The molecule has 1 aromatic rings. The van der Waals surface area contributed by atoms with Crippen LogP contribution in [0.4, 0.5) is 11.4 Å². The highest BCUT2D eigenvalue weighted by Gasteiger charge is 2.23. The van der Waals surface area contributed by atoms with Gasteiger partial charge in [-0.05, 0) is 17.7 Å². The second kappa shape index (κ2) is 4.94. The number of aliphatic hydroxyl groups is 1. The number of nitrogens with one attached hydrogen (secondary N) is 1. The van der Waals surface area contributed by atoms with Crippen molar-refractivity contribution in [3.8, 4) is 0 Å². The van der Waals surface area contributed by atoms with Crippen LogP contribution in [-0.4, -0.2) is 36.6 Å². The number of alkyl halides is 1. The predicted molar refractivity (Wildman–Crippen MR) is 68.8 cm³/mol. The number of rotatable bonds is 4. The largest absolute Gasteiger partial charge is 0.390 e. The van der Waals surface area contributed by atoms with Gasteiger partial charge in [-0.25, -0.2) is 0 Å². The summed E-state index contributed by atoms with van der Waals surface area (Å²) in [6, 6.07) is 5.76. The number of fused-ring (bicyclic) bond motifs is 1. The van der Waals surface area contributed by atoms with E-state index >= 15 is 0 Å². The molecule has 1 heterocycles. The Bertz CT molecular complexity index is 437. The van der Waals surface area contributed by atoms with Gasteiger partial charge in [0.25, 0.3) is 0 Å². The van der Waals surface area contributed by atoms with Crippen LogP contribution in [0.3, 0.4) is 0 Å². The van der Waals surface area contributed by atoms with Crippen LogP contribution in [0.2, 0.25) is 0 Å². The number of carbonyl (C=O) groups is 1. The summed E-state index contributed by atoms with van der Waals surface area (Å²) in [5, 5.41) is 12.4. The van der Waals surface area contributed by atoms with Gasteiger partial charge < -0.3 is 15.3 Å². The molecule has 92 valence electrons. The summed E-state index contributed by atoms with van der Waals surface area (Å²) in [7, 11) is 1.77. The summed E-state index contributed by atoms with van der Waals surface area (Å²) in [5.74, 6) is 0.314. The van der Waals surface area contributed by atoms with Gasteiger partial charge in [0.2, 0.25) is 5.91 Å². The van der Waals surface area contributed by atoms with E-state index in [1.54, 1.807) is 11.9 Å². The van der Waals surface area contributed by atoms with E-state index in [2.05, 4.69) is 5.32 Å². The lowest BCUT2D eigenvalue weighted by Crippen LogP contribution is -2.22. The monoisotopic (exact) mass is 254 g/mol. The van der Waals surface area contributed by atoms with Crippen LogP contribution in [-0.2, 0) is 11.2 Å². The Hall–Kier alpha value is -1.26. The van der Waals surface area contributed by atoms with Crippen molar-refractivity contribution in [2.24, 2.45) is 0 Å². The SMILES string of the molecule is CN1C(=O)Cc2ccc(NCC(O)CCl)cc21. The van der Waals surface area contributed by atoms with Crippen molar-refractivity contribution in [1.29, 1.82) is 0 Å². The van der Waals surface area contributed by atoms with E-state index in [1.807, 2.05) is 18.2 Å². The Kier molecular flexibility index (Phi) is 3.54. The fourth-order valence-corrected chi connectivity index (χ4v) is 1.95. The minimum absolute atomic E-state index is 0.109. The van der Waals surface area contributed by atoms with Crippen molar-refractivity contribution in [1.82, 2.24) is 0 Å². The minimum atomic E-state index is -0.565. The first-order chi connectivity index (χ1) is 8.11. The molecular formula is C12H15ClN2O2. The van der Waals surface area contributed by atoms with Gasteiger partial charge in [-0.15, -0.1) is 11.6 Å². The molecule has 0 saturated carbocycles. The molecule has 2 rings (SSSR count). The fraction of sp³-hybridized carbons (Fsp3) is 0.417. The Morgan fingerprint density at radius 3 is 3.06 bits per heavy atom. The number of halogens is 1. The molecule has 1 aliphatic heterocycles. The van der Waals surface area contributed by atoms with Gasteiger partial charge >= 0.3 is 0 Å². The zero-order valence-electron chi connectivity index (χ0n) is 9.61. The second-order valence-electron chi connectivity index (χ2n) is 4.16. The Balaban J connectivity index is 2.10. The number of benzene rings is 1. The second-order valence-corrected chi connectivity index (χ2v) is 4.47. The maximum absolute atomic E-state index is 11.5. The normalized spacial score (nSPS) is 15.9. The van der Waals surface area contributed by atoms with Gasteiger partial charge in [0, 0.05) is 25.0 Å². The minimum Gasteiger partial charge on any atom is -0.390 e. The summed E-state index contributed by atoms with van der Waals surface area (Å²) in [6.07, 6.45) is -0.0968. The molecular weight excluding hydrogens is 240 g/mol. The highest BCUT2D eigenvalue weighted by Crippen LogP contribution is 2.30. The smallest absolute Gasteiger partial charge is 0.231 e. The summed E-state index contributed by atoms with van der Waals surface area (Å²) in [4.78, 5) is 13.2. The first kappa shape index (κ1) is 12.2. The van der Waals surface area contributed by atoms with E-state index in [0.29, 0.717) is 13.0 Å². The highest BCUT2D eigenvalue weighted by atomic mass is 35.5. The third-order valence-corrected chi connectivity index (χ3v) is 3.24. The number of amides is 1. The zero-order valence-corrected chi connectivity index (χ0v) is 10.4. The first-order valence-corrected chi connectivity index (χ1v) is 6.02. The molecule has 0 spiro atoms. The number of carbonyl (C=O) groups excluding carboxylic acids is 1. The van der Waals surface area contributed by atoms with Crippen LogP contribution < -0.4 is 10.2 Å². The van der Waals surface area contributed by atoms with Gasteiger partial charge in [0.05, 0.1) is 18.4 Å². The molecule has 0 aromatic heterocycles. The number of hydrogen-bond acceptors (Lipinski definition) is 3.